The molecular weight excluding hydrogens is 132 g/mol. The van der Waals surface area contributed by atoms with Gasteiger partial charge in [-0.1, -0.05) is 6.08 Å². The van der Waals surface area contributed by atoms with E-state index in [0.717, 1.165) is 6.42 Å². The Kier molecular flexibility index (Phi) is 1.85. The Morgan fingerprint density at radius 3 is 3.11 bits per heavy atom. The van der Waals surface area contributed by atoms with Crippen molar-refractivity contribution in [1.82, 2.24) is 4.98 Å². The van der Waals surface area contributed by atoms with Crippen molar-refractivity contribution in [2.75, 3.05) is 5.73 Å². The third-order valence-electron chi connectivity index (χ3n) is 0.917. The fourth-order valence-corrected chi connectivity index (χ4v) is 1.24. The highest BCUT2D eigenvalue weighted by Gasteiger charge is 1.93. The lowest BCUT2D eigenvalue weighted by Gasteiger charge is -1.80. The molecule has 0 aliphatic rings. The smallest absolute Gasteiger partial charge is 0.180 e. The first-order chi connectivity index (χ1) is 4.33. The van der Waals surface area contributed by atoms with Crippen LogP contribution < -0.4 is 5.73 Å². The molecule has 0 fully saturated rings. The van der Waals surface area contributed by atoms with Crippen LogP contribution in [0.4, 0.5) is 5.13 Å². The molecule has 1 rings (SSSR count). The van der Waals surface area contributed by atoms with Crippen molar-refractivity contribution >= 4 is 16.5 Å². The molecule has 0 aromatic carbocycles. The fourth-order valence-electron chi connectivity index (χ4n) is 0.559. The predicted molar refractivity (Wildman–Crippen MR) is 40.4 cm³/mol. The van der Waals surface area contributed by atoms with Gasteiger partial charge in [0, 0.05) is 17.5 Å². The average Bonchev–Trinajstić information content (AvgIpc) is 2.17. The number of thiazole rings is 1. The van der Waals surface area contributed by atoms with E-state index in [1.165, 1.54) is 16.2 Å². The van der Waals surface area contributed by atoms with Crippen LogP contribution in [0.3, 0.4) is 0 Å². The molecule has 3 heteroatoms. The van der Waals surface area contributed by atoms with E-state index < -0.39 is 0 Å². The summed E-state index contributed by atoms with van der Waals surface area (Å²) in [6.07, 6.45) is 4.49. The van der Waals surface area contributed by atoms with Crippen LogP contribution in [0.5, 0.6) is 0 Å². The molecule has 1 heterocycles. The van der Waals surface area contributed by atoms with Crippen LogP contribution in [0.25, 0.3) is 0 Å². The van der Waals surface area contributed by atoms with E-state index in [9.17, 15) is 0 Å². The second-order valence-electron chi connectivity index (χ2n) is 1.66. The Hall–Kier alpha value is -0.830. The van der Waals surface area contributed by atoms with E-state index in [-0.39, 0.29) is 0 Å². The zero-order chi connectivity index (χ0) is 6.69. The summed E-state index contributed by atoms with van der Waals surface area (Å²) in [5.41, 5.74) is 5.38. The number of allylic oxidation sites excluding steroid dienone is 1. The van der Waals surface area contributed by atoms with Gasteiger partial charge in [0.25, 0.3) is 0 Å². The zero-order valence-corrected chi connectivity index (χ0v) is 5.82. The normalized spacial score (nSPS) is 9.33. The van der Waals surface area contributed by atoms with Crippen molar-refractivity contribution < 1.29 is 0 Å². The monoisotopic (exact) mass is 140 g/mol. The number of nitrogen functional groups attached to an aromatic ring is 1. The van der Waals surface area contributed by atoms with E-state index in [4.69, 9.17) is 5.73 Å². The van der Waals surface area contributed by atoms with E-state index in [1.807, 2.05) is 6.08 Å². The maximum atomic E-state index is 5.38. The van der Waals surface area contributed by atoms with Gasteiger partial charge in [-0.05, 0) is 0 Å². The van der Waals surface area contributed by atoms with Crippen molar-refractivity contribution in [2.24, 2.45) is 0 Å². The van der Waals surface area contributed by atoms with Crippen molar-refractivity contribution in [3.8, 4) is 0 Å². The molecule has 2 nitrogen and oxygen atoms in total. The number of hydrogen-bond acceptors (Lipinski definition) is 3. The highest BCUT2D eigenvalue weighted by Crippen LogP contribution is 2.14. The van der Waals surface area contributed by atoms with Crippen molar-refractivity contribution in [3.63, 3.8) is 0 Å². The van der Waals surface area contributed by atoms with Crippen molar-refractivity contribution in [3.05, 3.63) is 23.7 Å². The van der Waals surface area contributed by atoms with Gasteiger partial charge in [0.05, 0.1) is 0 Å². The van der Waals surface area contributed by atoms with E-state index >= 15 is 0 Å². The number of aromatic nitrogens is 1. The van der Waals surface area contributed by atoms with Crippen LogP contribution in [0.15, 0.2) is 18.9 Å². The number of nitrogens with zero attached hydrogens (tertiary/aromatic N) is 1. The predicted octanol–water partition coefficient (Wildman–Crippen LogP) is 1.45. The lowest BCUT2D eigenvalue weighted by atomic mass is 10.4. The number of anilines is 1. The van der Waals surface area contributed by atoms with Gasteiger partial charge in [0.15, 0.2) is 5.13 Å². The van der Waals surface area contributed by atoms with Gasteiger partial charge in [-0.2, -0.15) is 0 Å². The summed E-state index contributed by atoms with van der Waals surface area (Å²) in [4.78, 5) is 5.05. The molecule has 0 atom stereocenters. The summed E-state index contributed by atoms with van der Waals surface area (Å²) in [6, 6.07) is 0. The molecular formula is C6H8N2S. The third-order valence-corrected chi connectivity index (χ3v) is 1.77. The number of nitrogens with two attached hydrogens (primary N) is 1. The summed E-state index contributed by atoms with van der Waals surface area (Å²) in [7, 11) is 0. The fraction of sp³-hybridized carbons (Fsp3) is 0.167. The molecule has 1 aromatic rings. The molecule has 48 valence electrons. The summed E-state index contributed by atoms with van der Waals surface area (Å²) < 4.78 is 0. The second-order valence-corrected chi connectivity index (χ2v) is 2.80. The van der Waals surface area contributed by atoms with Crippen molar-refractivity contribution in [1.29, 1.82) is 0 Å². The molecule has 0 aliphatic heterocycles. The first-order valence-corrected chi connectivity index (χ1v) is 3.45. The summed E-state index contributed by atoms with van der Waals surface area (Å²) in [5, 5.41) is 0.631. The molecule has 0 bridgehead atoms. The minimum Gasteiger partial charge on any atom is -0.375 e. The lowest BCUT2D eigenvalue weighted by molar-refractivity contribution is 1.30. The van der Waals surface area contributed by atoms with Crippen LogP contribution >= 0.6 is 11.3 Å². The van der Waals surface area contributed by atoms with E-state index in [1.54, 1.807) is 6.20 Å². The molecule has 2 N–H and O–H groups in total. The Bertz CT molecular complexity index is 205. The number of rotatable bonds is 2. The highest BCUT2D eigenvalue weighted by atomic mass is 32.1. The molecule has 9 heavy (non-hydrogen) atoms. The Labute approximate surface area is 58.0 Å². The molecule has 0 spiro atoms. The van der Waals surface area contributed by atoms with Crippen molar-refractivity contribution in [2.45, 2.75) is 6.42 Å². The third kappa shape index (κ3) is 1.54. The second kappa shape index (κ2) is 2.64. The molecule has 0 amide bonds. The Morgan fingerprint density at radius 2 is 2.67 bits per heavy atom. The molecule has 0 saturated heterocycles. The van der Waals surface area contributed by atoms with Gasteiger partial charge in [-0.3, -0.25) is 0 Å². The van der Waals surface area contributed by atoms with Gasteiger partial charge < -0.3 is 5.73 Å². The summed E-state index contributed by atoms with van der Waals surface area (Å²) >= 11 is 1.51. The minimum atomic E-state index is 0.631. The Balaban J connectivity index is 2.72. The molecule has 0 radical (unpaired) electrons. The van der Waals surface area contributed by atoms with Gasteiger partial charge in [0.1, 0.15) is 0 Å². The number of hydrogen-bond donors (Lipinski definition) is 1. The first-order valence-electron chi connectivity index (χ1n) is 2.64. The van der Waals surface area contributed by atoms with Crippen LogP contribution in [0, 0.1) is 0 Å². The minimum absolute atomic E-state index is 0.631. The van der Waals surface area contributed by atoms with Crippen LogP contribution in [-0.2, 0) is 6.42 Å². The highest BCUT2D eigenvalue weighted by molar-refractivity contribution is 7.15. The SMILES string of the molecule is C=CCc1cnc(N)s1. The topological polar surface area (TPSA) is 38.9 Å². The quantitative estimate of drug-likeness (QED) is 0.631. The first kappa shape index (κ1) is 6.29. The molecule has 0 saturated carbocycles. The molecule has 0 unspecified atom stereocenters. The van der Waals surface area contributed by atoms with Crippen LogP contribution in [0.2, 0.25) is 0 Å². The standard InChI is InChI=1S/C6H8N2S/c1-2-3-5-4-8-6(7)9-5/h2,4H,1,3H2,(H2,7,8). The molecule has 1 aromatic heterocycles. The molecule has 0 aliphatic carbocycles. The van der Waals surface area contributed by atoms with Gasteiger partial charge in [-0.15, -0.1) is 17.9 Å². The van der Waals surface area contributed by atoms with Gasteiger partial charge in [0.2, 0.25) is 0 Å². The zero-order valence-electron chi connectivity index (χ0n) is 5.00. The average molecular weight is 140 g/mol. The lowest BCUT2D eigenvalue weighted by Crippen LogP contribution is -1.77. The van der Waals surface area contributed by atoms with E-state index in [0.29, 0.717) is 5.13 Å². The maximum Gasteiger partial charge on any atom is 0.180 e. The van der Waals surface area contributed by atoms with E-state index in [2.05, 4.69) is 11.6 Å². The largest absolute Gasteiger partial charge is 0.375 e. The summed E-state index contributed by atoms with van der Waals surface area (Å²) in [5.74, 6) is 0. The van der Waals surface area contributed by atoms with Crippen LogP contribution in [0.1, 0.15) is 4.88 Å². The maximum absolute atomic E-state index is 5.38. The summed E-state index contributed by atoms with van der Waals surface area (Å²) in [6.45, 7) is 3.60. The van der Waals surface area contributed by atoms with Crippen LogP contribution in [-0.4, -0.2) is 4.98 Å². The van der Waals surface area contributed by atoms with Gasteiger partial charge in [-0.25, -0.2) is 4.98 Å². The Morgan fingerprint density at radius 1 is 1.89 bits per heavy atom. The van der Waals surface area contributed by atoms with Gasteiger partial charge >= 0.3 is 0 Å².